The minimum atomic E-state index is 0.377. The van der Waals surface area contributed by atoms with Crippen molar-refractivity contribution in [2.45, 2.75) is 12.8 Å². The Bertz CT molecular complexity index is 193. The number of hydrogen-bond acceptors (Lipinski definition) is 4. The van der Waals surface area contributed by atoms with Crippen molar-refractivity contribution in [3.8, 4) is 0 Å². The molecule has 4 heteroatoms. The van der Waals surface area contributed by atoms with Gasteiger partial charge in [0.15, 0.2) is 0 Å². The third-order valence-corrected chi connectivity index (χ3v) is 4.09. The minimum absolute atomic E-state index is 0.377. The summed E-state index contributed by atoms with van der Waals surface area (Å²) in [6.45, 7) is 5.21. The van der Waals surface area contributed by atoms with Crippen LogP contribution in [0.5, 0.6) is 0 Å². The SMILES string of the molecule is CN(C)CCN(C)CC1(CS)CCOCC1. The lowest BCUT2D eigenvalue weighted by Crippen LogP contribution is -2.43. The lowest BCUT2D eigenvalue weighted by molar-refractivity contribution is 0.0110. The monoisotopic (exact) mass is 246 g/mol. The first-order valence-corrected chi connectivity index (χ1v) is 6.73. The molecule has 0 spiro atoms. The molecule has 1 heterocycles. The molecule has 3 nitrogen and oxygen atoms in total. The second kappa shape index (κ2) is 6.84. The molecule has 1 rings (SSSR count). The van der Waals surface area contributed by atoms with Gasteiger partial charge in [0.1, 0.15) is 0 Å². The maximum absolute atomic E-state index is 5.45. The van der Waals surface area contributed by atoms with Crippen molar-refractivity contribution in [2.24, 2.45) is 5.41 Å². The van der Waals surface area contributed by atoms with E-state index in [9.17, 15) is 0 Å². The summed E-state index contributed by atoms with van der Waals surface area (Å²) >= 11 is 4.54. The van der Waals surface area contributed by atoms with Crippen molar-refractivity contribution < 1.29 is 4.74 Å². The molecule has 0 aromatic rings. The fourth-order valence-electron chi connectivity index (χ4n) is 2.19. The van der Waals surface area contributed by atoms with Crippen LogP contribution in [0, 0.1) is 5.41 Å². The van der Waals surface area contributed by atoms with Crippen LogP contribution in [0.25, 0.3) is 0 Å². The van der Waals surface area contributed by atoms with Gasteiger partial charge in [0.2, 0.25) is 0 Å². The lowest BCUT2D eigenvalue weighted by Gasteiger charge is -2.39. The van der Waals surface area contributed by atoms with Gasteiger partial charge in [-0.1, -0.05) is 0 Å². The summed E-state index contributed by atoms with van der Waals surface area (Å²) in [6, 6.07) is 0. The lowest BCUT2D eigenvalue weighted by atomic mass is 9.81. The number of ether oxygens (including phenoxy) is 1. The third-order valence-electron chi connectivity index (χ3n) is 3.42. The Balaban J connectivity index is 2.36. The van der Waals surface area contributed by atoms with Crippen molar-refractivity contribution in [2.75, 3.05) is 59.7 Å². The van der Waals surface area contributed by atoms with Gasteiger partial charge in [-0.25, -0.2) is 0 Å². The highest BCUT2D eigenvalue weighted by molar-refractivity contribution is 7.80. The molecule has 0 N–H and O–H groups in total. The first-order chi connectivity index (χ1) is 7.58. The van der Waals surface area contributed by atoms with Crippen LogP contribution < -0.4 is 0 Å². The molecule has 0 saturated carbocycles. The van der Waals surface area contributed by atoms with Crippen molar-refractivity contribution in [3.05, 3.63) is 0 Å². The summed E-state index contributed by atoms with van der Waals surface area (Å²) in [4.78, 5) is 4.66. The van der Waals surface area contributed by atoms with Crippen molar-refractivity contribution >= 4 is 12.6 Å². The van der Waals surface area contributed by atoms with E-state index >= 15 is 0 Å². The normalized spacial score (nSPS) is 20.6. The molecule has 1 saturated heterocycles. The fourth-order valence-corrected chi connectivity index (χ4v) is 2.61. The fraction of sp³-hybridized carbons (Fsp3) is 1.00. The standard InChI is InChI=1S/C12H26N2OS/c1-13(2)6-7-14(3)10-12(11-16)4-8-15-9-5-12/h16H,4-11H2,1-3H3. The van der Waals surface area contributed by atoms with Gasteiger partial charge in [-0.05, 0) is 45.2 Å². The Hall–Kier alpha value is 0.230. The maximum atomic E-state index is 5.45. The van der Waals surface area contributed by atoms with Gasteiger partial charge in [0, 0.05) is 32.8 Å². The zero-order valence-electron chi connectivity index (χ0n) is 10.9. The van der Waals surface area contributed by atoms with E-state index in [2.05, 4.69) is 43.6 Å². The Morgan fingerprint density at radius 3 is 2.25 bits per heavy atom. The van der Waals surface area contributed by atoms with E-state index in [1.165, 1.54) is 0 Å². The molecule has 0 atom stereocenters. The second-order valence-electron chi connectivity index (χ2n) is 5.31. The molecular weight excluding hydrogens is 220 g/mol. The van der Waals surface area contributed by atoms with E-state index in [0.29, 0.717) is 5.41 Å². The molecule has 1 aliphatic rings. The summed E-state index contributed by atoms with van der Waals surface area (Å²) in [5.74, 6) is 0.975. The topological polar surface area (TPSA) is 15.7 Å². The van der Waals surface area contributed by atoms with Crippen LogP contribution in [-0.4, -0.2) is 69.5 Å². The molecule has 96 valence electrons. The van der Waals surface area contributed by atoms with E-state index in [1.54, 1.807) is 0 Å². The van der Waals surface area contributed by atoms with E-state index in [4.69, 9.17) is 4.74 Å². The maximum Gasteiger partial charge on any atom is 0.0472 e. The molecule has 1 fully saturated rings. The van der Waals surface area contributed by atoms with Gasteiger partial charge >= 0.3 is 0 Å². The molecule has 1 aliphatic heterocycles. The molecule has 0 unspecified atom stereocenters. The molecule has 0 amide bonds. The highest BCUT2D eigenvalue weighted by Gasteiger charge is 2.32. The smallest absolute Gasteiger partial charge is 0.0472 e. The van der Waals surface area contributed by atoms with Crippen molar-refractivity contribution in [1.29, 1.82) is 0 Å². The number of rotatable bonds is 6. The summed E-state index contributed by atoms with van der Waals surface area (Å²) in [6.07, 6.45) is 2.31. The van der Waals surface area contributed by atoms with Crippen LogP contribution in [0.1, 0.15) is 12.8 Å². The largest absolute Gasteiger partial charge is 0.381 e. The van der Waals surface area contributed by atoms with Crippen molar-refractivity contribution in [1.82, 2.24) is 9.80 Å². The van der Waals surface area contributed by atoms with Crippen LogP contribution in [-0.2, 0) is 4.74 Å². The van der Waals surface area contributed by atoms with Crippen LogP contribution in [0.4, 0.5) is 0 Å². The predicted octanol–water partition coefficient (Wildman–Crippen LogP) is 1.21. The van der Waals surface area contributed by atoms with Crippen LogP contribution in [0.3, 0.4) is 0 Å². The Morgan fingerprint density at radius 1 is 1.12 bits per heavy atom. The first kappa shape index (κ1) is 14.3. The average Bonchev–Trinajstić information content (AvgIpc) is 2.28. The minimum Gasteiger partial charge on any atom is -0.381 e. The quantitative estimate of drug-likeness (QED) is 0.709. The molecule has 0 bridgehead atoms. The zero-order chi connectivity index (χ0) is 12.0. The first-order valence-electron chi connectivity index (χ1n) is 6.10. The van der Waals surface area contributed by atoms with Crippen LogP contribution in [0.2, 0.25) is 0 Å². The summed E-state index contributed by atoms with van der Waals surface area (Å²) in [7, 11) is 6.46. The zero-order valence-corrected chi connectivity index (χ0v) is 11.8. The molecule has 0 aromatic carbocycles. The Labute approximate surface area is 106 Å². The van der Waals surface area contributed by atoms with Crippen molar-refractivity contribution in [3.63, 3.8) is 0 Å². The van der Waals surface area contributed by atoms with Gasteiger partial charge in [-0.2, -0.15) is 12.6 Å². The van der Waals surface area contributed by atoms with Crippen LogP contribution in [0.15, 0.2) is 0 Å². The van der Waals surface area contributed by atoms with Gasteiger partial charge in [0.25, 0.3) is 0 Å². The predicted molar refractivity (Wildman–Crippen MR) is 72.4 cm³/mol. The highest BCUT2D eigenvalue weighted by atomic mass is 32.1. The summed E-state index contributed by atoms with van der Waals surface area (Å²) < 4.78 is 5.45. The summed E-state index contributed by atoms with van der Waals surface area (Å²) in [5, 5.41) is 0. The van der Waals surface area contributed by atoms with Crippen LogP contribution >= 0.6 is 12.6 Å². The average molecular weight is 246 g/mol. The number of nitrogens with zero attached hydrogens (tertiary/aromatic N) is 2. The van der Waals surface area contributed by atoms with Gasteiger partial charge in [-0.3, -0.25) is 0 Å². The van der Waals surface area contributed by atoms with E-state index in [1.807, 2.05) is 0 Å². The van der Waals surface area contributed by atoms with Gasteiger partial charge in [0.05, 0.1) is 0 Å². The Morgan fingerprint density at radius 2 is 1.75 bits per heavy atom. The highest BCUT2D eigenvalue weighted by Crippen LogP contribution is 2.32. The molecular formula is C12H26N2OS. The number of thiol groups is 1. The number of likely N-dealkylation sites (N-methyl/N-ethyl adjacent to an activating group) is 2. The molecule has 16 heavy (non-hydrogen) atoms. The molecule has 0 aliphatic carbocycles. The molecule has 0 aromatic heterocycles. The van der Waals surface area contributed by atoms with Gasteiger partial charge in [-0.15, -0.1) is 0 Å². The van der Waals surface area contributed by atoms with E-state index in [0.717, 1.165) is 51.4 Å². The van der Waals surface area contributed by atoms with Gasteiger partial charge < -0.3 is 14.5 Å². The second-order valence-corrected chi connectivity index (χ2v) is 5.63. The van der Waals surface area contributed by atoms with E-state index < -0.39 is 0 Å². The number of hydrogen-bond donors (Lipinski definition) is 1. The molecule has 0 radical (unpaired) electrons. The Kier molecular flexibility index (Phi) is 6.11. The third kappa shape index (κ3) is 4.62. The summed E-state index contributed by atoms with van der Waals surface area (Å²) in [5.41, 5.74) is 0.377. The van der Waals surface area contributed by atoms with E-state index in [-0.39, 0.29) is 0 Å².